The number of hydrogen-bond donors (Lipinski definition) is 1. The number of nitrogens with zero attached hydrogens (tertiary/aromatic N) is 2. The van der Waals surface area contributed by atoms with Crippen molar-refractivity contribution in [3.05, 3.63) is 82.9 Å². The number of amides is 1. The smallest absolute Gasteiger partial charge is 0.256 e. The van der Waals surface area contributed by atoms with Gasteiger partial charge in [0.25, 0.3) is 5.91 Å². The first-order chi connectivity index (χ1) is 16.0. The van der Waals surface area contributed by atoms with Crippen molar-refractivity contribution in [3.63, 3.8) is 0 Å². The van der Waals surface area contributed by atoms with Crippen LogP contribution in [0.4, 0.5) is 10.2 Å². The van der Waals surface area contributed by atoms with Gasteiger partial charge in [-0.1, -0.05) is 23.7 Å². The number of hydrogen-bond acceptors (Lipinski definition) is 6. The molecule has 0 fully saturated rings. The number of fused-ring (bicyclic) bond motifs is 1. The van der Waals surface area contributed by atoms with E-state index in [1.807, 2.05) is 0 Å². The summed E-state index contributed by atoms with van der Waals surface area (Å²) in [5.41, 5.74) is 1.55. The molecule has 0 saturated heterocycles. The van der Waals surface area contributed by atoms with E-state index >= 15 is 0 Å². The summed E-state index contributed by atoms with van der Waals surface area (Å²) in [5, 5.41) is 3.61. The van der Waals surface area contributed by atoms with Crippen molar-refractivity contribution in [2.45, 2.75) is 6.61 Å². The maximum absolute atomic E-state index is 13.3. The highest BCUT2D eigenvalue weighted by Gasteiger charge is 2.15. The van der Waals surface area contributed by atoms with E-state index in [4.69, 9.17) is 25.8 Å². The van der Waals surface area contributed by atoms with Crippen LogP contribution in [0.2, 0.25) is 5.02 Å². The van der Waals surface area contributed by atoms with E-state index in [2.05, 4.69) is 15.3 Å². The Morgan fingerprint density at radius 1 is 1.00 bits per heavy atom. The van der Waals surface area contributed by atoms with Crippen LogP contribution in [0.15, 0.2) is 60.9 Å². The zero-order valence-corrected chi connectivity index (χ0v) is 18.5. The third-order valence-electron chi connectivity index (χ3n) is 4.85. The van der Waals surface area contributed by atoms with Gasteiger partial charge in [-0.3, -0.25) is 4.79 Å². The Morgan fingerprint density at radius 2 is 1.79 bits per heavy atom. The van der Waals surface area contributed by atoms with Gasteiger partial charge in [0.05, 0.1) is 24.8 Å². The second-order valence-electron chi connectivity index (χ2n) is 6.96. The van der Waals surface area contributed by atoms with Crippen molar-refractivity contribution in [3.8, 4) is 17.2 Å². The van der Waals surface area contributed by atoms with Gasteiger partial charge in [-0.25, -0.2) is 14.4 Å². The van der Waals surface area contributed by atoms with Crippen LogP contribution in [0.1, 0.15) is 15.9 Å². The van der Waals surface area contributed by atoms with E-state index in [1.165, 1.54) is 38.7 Å². The quantitative estimate of drug-likeness (QED) is 0.398. The van der Waals surface area contributed by atoms with Gasteiger partial charge in [0.2, 0.25) is 0 Å². The molecule has 0 bridgehead atoms. The van der Waals surface area contributed by atoms with Crippen LogP contribution in [0, 0.1) is 5.82 Å². The average molecular weight is 468 g/mol. The maximum Gasteiger partial charge on any atom is 0.256 e. The first-order valence-corrected chi connectivity index (χ1v) is 10.2. The molecule has 4 rings (SSSR count). The highest BCUT2D eigenvalue weighted by Crippen LogP contribution is 2.34. The summed E-state index contributed by atoms with van der Waals surface area (Å²) in [7, 11) is 3.05. The molecule has 0 spiro atoms. The lowest BCUT2D eigenvalue weighted by Crippen LogP contribution is -2.13. The molecule has 0 saturated carbocycles. The molecule has 7 nitrogen and oxygen atoms in total. The second kappa shape index (κ2) is 9.70. The summed E-state index contributed by atoms with van der Waals surface area (Å²) >= 11 is 6.31. The Hall–Kier alpha value is -3.91. The Kier molecular flexibility index (Phi) is 6.55. The molecule has 1 N–H and O–H groups in total. The van der Waals surface area contributed by atoms with Gasteiger partial charge < -0.3 is 19.5 Å². The normalized spacial score (nSPS) is 10.7. The van der Waals surface area contributed by atoms with Gasteiger partial charge in [0.15, 0.2) is 11.5 Å². The molecular formula is C24H19ClFN3O4. The van der Waals surface area contributed by atoms with Gasteiger partial charge in [0.1, 0.15) is 30.3 Å². The van der Waals surface area contributed by atoms with Crippen molar-refractivity contribution in [2.24, 2.45) is 0 Å². The summed E-state index contributed by atoms with van der Waals surface area (Å²) in [6, 6.07) is 14.1. The number of methoxy groups -OCH3 is 2. The van der Waals surface area contributed by atoms with E-state index in [0.717, 1.165) is 0 Å². The predicted octanol–water partition coefficient (Wildman–Crippen LogP) is 5.27. The van der Waals surface area contributed by atoms with Gasteiger partial charge in [-0.15, -0.1) is 0 Å². The van der Waals surface area contributed by atoms with E-state index in [-0.39, 0.29) is 17.4 Å². The molecule has 0 atom stereocenters. The fourth-order valence-corrected chi connectivity index (χ4v) is 3.44. The highest BCUT2D eigenvalue weighted by atomic mass is 35.5. The zero-order chi connectivity index (χ0) is 23.4. The van der Waals surface area contributed by atoms with Gasteiger partial charge in [-0.2, -0.15) is 0 Å². The highest BCUT2D eigenvalue weighted by molar-refractivity contribution is 6.32. The zero-order valence-electron chi connectivity index (χ0n) is 17.8. The molecular weight excluding hydrogens is 449 g/mol. The van der Waals surface area contributed by atoms with Crippen LogP contribution in [-0.2, 0) is 6.61 Å². The number of benzene rings is 3. The van der Waals surface area contributed by atoms with Crippen LogP contribution >= 0.6 is 11.6 Å². The molecule has 0 unspecified atom stereocenters. The maximum atomic E-state index is 13.3. The summed E-state index contributed by atoms with van der Waals surface area (Å²) in [6.07, 6.45) is 1.35. The summed E-state index contributed by atoms with van der Waals surface area (Å²) < 4.78 is 29.6. The van der Waals surface area contributed by atoms with Crippen molar-refractivity contribution in [1.29, 1.82) is 0 Å². The molecule has 1 aromatic heterocycles. The van der Waals surface area contributed by atoms with Crippen LogP contribution < -0.4 is 19.5 Å². The van der Waals surface area contributed by atoms with Crippen LogP contribution in [0.5, 0.6) is 17.2 Å². The molecule has 0 aliphatic carbocycles. The number of ether oxygens (including phenoxy) is 3. The molecule has 3 aromatic carbocycles. The summed E-state index contributed by atoms with van der Waals surface area (Å²) in [5.74, 6) is 0.931. The minimum Gasteiger partial charge on any atom is -0.493 e. The number of rotatable bonds is 7. The molecule has 1 amide bonds. The fraction of sp³-hybridized carbons (Fsp3) is 0.125. The Morgan fingerprint density at radius 3 is 2.52 bits per heavy atom. The van der Waals surface area contributed by atoms with Gasteiger partial charge in [-0.05, 0) is 42.0 Å². The third-order valence-corrected chi connectivity index (χ3v) is 5.15. The lowest BCUT2D eigenvalue weighted by molar-refractivity contribution is 0.102. The number of carbonyl (C=O) groups excluding carboxylic acids is 1. The largest absolute Gasteiger partial charge is 0.493 e. The van der Waals surface area contributed by atoms with Crippen molar-refractivity contribution in [1.82, 2.24) is 9.97 Å². The number of nitrogens with one attached hydrogen (secondary N) is 1. The van der Waals surface area contributed by atoms with Crippen LogP contribution in [0.25, 0.3) is 10.9 Å². The van der Waals surface area contributed by atoms with Crippen molar-refractivity contribution >= 4 is 34.2 Å². The minimum absolute atomic E-state index is 0.140. The average Bonchev–Trinajstić information content (AvgIpc) is 2.82. The van der Waals surface area contributed by atoms with E-state index < -0.39 is 5.91 Å². The minimum atomic E-state index is -0.414. The third kappa shape index (κ3) is 4.96. The lowest BCUT2D eigenvalue weighted by Gasteiger charge is -2.12. The van der Waals surface area contributed by atoms with E-state index in [9.17, 15) is 9.18 Å². The summed E-state index contributed by atoms with van der Waals surface area (Å²) in [4.78, 5) is 21.3. The van der Waals surface area contributed by atoms with E-state index in [1.54, 1.807) is 36.4 Å². The molecule has 0 aliphatic heterocycles. The van der Waals surface area contributed by atoms with Gasteiger partial charge >= 0.3 is 0 Å². The molecule has 4 aromatic rings. The van der Waals surface area contributed by atoms with Crippen molar-refractivity contribution in [2.75, 3.05) is 19.5 Å². The van der Waals surface area contributed by atoms with Crippen molar-refractivity contribution < 1.29 is 23.4 Å². The summed E-state index contributed by atoms with van der Waals surface area (Å²) in [6.45, 7) is 0.140. The van der Waals surface area contributed by atoms with Crippen LogP contribution in [-0.4, -0.2) is 30.1 Å². The molecule has 0 aliphatic rings. The second-order valence-corrected chi connectivity index (χ2v) is 7.37. The number of halogens is 2. The standard InChI is InChI=1S/C24H19ClFN3O4/c1-31-21-10-17-19(11-22(21)32-2)27-13-28-23(17)29-24(30)15-6-7-20(18(25)9-15)33-12-14-4-3-5-16(26)8-14/h3-11,13H,12H2,1-2H3,(H,27,28,29,30). The predicted molar refractivity (Wildman–Crippen MR) is 123 cm³/mol. The Labute approximate surface area is 194 Å². The fourth-order valence-electron chi connectivity index (χ4n) is 3.21. The number of carbonyl (C=O) groups is 1. The first kappa shape index (κ1) is 22.3. The van der Waals surface area contributed by atoms with E-state index in [0.29, 0.717) is 45.1 Å². The molecule has 33 heavy (non-hydrogen) atoms. The monoisotopic (exact) mass is 467 g/mol. The molecule has 1 heterocycles. The lowest BCUT2D eigenvalue weighted by atomic mass is 10.1. The Bertz CT molecular complexity index is 1330. The first-order valence-electron chi connectivity index (χ1n) is 9.83. The molecule has 0 radical (unpaired) electrons. The number of aromatic nitrogens is 2. The number of anilines is 1. The Balaban J connectivity index is 1.53. The van der Waals surface area contributed by atoms with Crippen LogP contribution in [0.3, 0.4) is 0 Å². The van der Waals surface area contributed by atoms with Gasteiger partial charge in [0, 0.05) is 17.0 Å². The molecule has 9 heteroatoms. The molecule has 168 valence electrons. The SMILES string of the molecule is COc1cc2ncnc(NC(=O)c3ccc(OCc4cccc(F)c4)c(Cl)c3)c2cc1OC. The topological polar surface area (TPSA) is 82.6 Å².